The quantitative estimate of drug-likeness (QED) is 0.682. The molecule has 1 heterocycles. The summed E-state index contributed by atoms with van der Waals surface area (Å²) in [5.74, 6) is 0.245. The van der Waals surface area contributed by atoms with Gasteiger partial charge in [0.2, 0.25) is 0 Å². The smallest absolute Gasteiger partial charge is 0.343 e. The van der Waals surface area contributed by atoms with Crippen LogP contribution < -0.4 is 5.63 Å². The monoisotopic (exact) mass is 312 g/mol. The van der Waals surface area contributed by atoms with Gasteiger partial charge in [-0.2, -0.15) is 0 Å². The van der Waals surface area contributed by atoms with Crippen molar-refractivity contribution in [3.05, 3.63) is 80.9 Å². The van der Waals surface area contributed by atoms with Crippen LogP contribution in [0.15, 0.2) is 57.7 Å². The van der Waals surface area contributed by atoms with Crippen molar-refractivity contribution in [3.8, 4) is 0 Å². The molecule has 0 bridgehead atoms. The third-order valence-electron chi connectivity index (χ3n) is 3.47. The minimum absolute atomic E-state index is 0.0424. The number of halogens is 1. The highest BCUT2D eigenvalue weighted by Gasteiger charge is 2.11. The van der Waals surface area contributed by atoms with Gasteiger partial charge in [0.05, 0.1) is 11.8 Å². The lowest BCUT2D eigenvalue weighted by atomic mass is 10.0. The van der Waals surface area contributed by atoms with Gasteiger partial charge in [-0.15, -0.1) is 0 Å². The van der Waals surface area contributed by atoms with Crippen molar-refractivity contribution in [3.63, 3.8) is 0 Å². The molecular formula is C18H13ClO3. The minimum atomic E-state index is -0.420. The van der Waals surface area contributed by atoms with Gasteiger partial charge in [0, 0.05) is 10.6 Å². The largest absolute Gasteiger partial charge is 0.427 e. The second kappa shape index (κ2) is 5.78. The molecule has 0 fully saturated rings. The number of ketones is 1. The number of hydrogen-bond acceptors (Lipinski definition) is 3. The number of benzene rings is 2. The van der Waals surface area contributed by atoms with E-state index in [1.54, 1.807) is 36.4 Å². The van der Waals surface area contributed by atoms with Gasteiger partial charge >= 0.3 is 5.63 Å². The molecule has 0 aliphatic rings. The molecule has 0 N–H and O–H groups in total. The van der Waals surface area contributed by atoms with Crippen molar-refractivity contribution in [2.24, 2.45) is 0 Å². The summed E-state index contributed by atoms with van der Waals surface area (Å²) >= 11 is 5.81. The molecule has 0 saturated carbocycles. The lowest BCUT2D eigenvalue weighted by Gasteiger charge is -2.03. The number of hydrogen-bond donors (Lipinski definition) is 0. The summed E-state index contributed by atoms with van der Waals surface area (Å²) in [6.45, 7) is 1.95. The zero-order valence-corrected chi connectivity index (χ0v) is 12.7. The van der Waals surface area contributed by atoms with Gasteiger partial charge in [-0.3, -0.25) is 4.79 Å². The maximum atomic E-state index is 12.2. The molecule has 4 heteroatoms. The van der Waals surface area contributed by atoms with Crippen molar-refractivity contribution in [2.45, 2.75) is 13.3 Å². The Morgan fingerprint density at radius 3 is 2.55 bits per heavy atom. The highest BCUT2D eigenvalue weighted by atomic mass is 35.5. The number of carbonyl (C=O) groups is 1. The maximum absolute atomic E-state index is 12.2. The molecule has 0 amide bonds. The summed E-state index contributed by atoms with van der Waals surface area (Å²) in [6, 6.07) is 13.9. The summed E-state index contributed by atoms with van der Waals surface area (Å²) in [7, 11) is 0. The van der Waals surface area contributed by atoms with Crippen LogP contribution in [-0.2, 0) is 6.42 Å². The Kier molecular flexibility index (Phi) is 3.82. The first-order chi connectivity index (χ1) is 10.5. The van der Waals surface area contributed by atoms with E-state index in [0.29, 0.717) is 21.7 Å². The number of aryl methyl sites for hydroxylation is 1. The van der Waals surface area contributed by atoms with Crippen LogP contribution in [0.25, 0.3) is 10.8 Å². The van der Waals surface area contributed by atoms with Gasteiger partial charge in [0.1, 0.15) is 5.76 Å². The SMILES string of the molecule is Cc1ccc2c(=O)oc(CC(=O)c3ccc(Cl)cc3)cc2c1. The van der Waals surface area contributed by atoms with Crippen LogP contribution in [0.3, 0.4) is 0 Å². The van der Waals surface area contributed by atoms with Crippen LogP contribution >= 0.6 is 11.6 Å². The Morgan fingerprint density at radius 1 is 1.09 bits per heavy atom. The molecule has 110 valence electrons. The summed E-state index contributed by atoms with van der Waals surface area (Å²) in [5.41, 5.74) is 1.17. The Labute approximate surface area is 132 Å². The molecule has 0 unspecified atom stereocenters. The van der Waals surface area contributed by atoms with Gasteiger partial charge in [-0.25, -0.2) is 4.79 Å². The van der Waals surface area contributed by atoms with E-state index in [1.165, 1.54) is 0 Å². The summed E-state index contributed by atoms with van der Waals surface area (Å²) < 4.78 is 5.24. The summed E-state index contributed by atoms with van der Waals surface area (Å²) in [5, 5.41) is 1.88. The van der Waals surface area contributed by atoms with E-state index >= 15 is 0 Å². The molecule has 3 aromatic rings. The molecule has 2 aromatic carbocycles. The standard InChI is InChI=1S/C18H13ClO3/c1-11-2-7-16-13(8-11)9-15(22-18(16)21)10-17(20)12-3-5-14(19)6-4-12/h2-9H,10H2,1H3. The molecule has 3 nitrogen and oxygen atoms in total. The Hall–Kier alpha value is -2.39. The van der Waals surface area contributed by atoms with E-state index in [1.807, 2.05) is 19.1 Å². The second-order valence-corrected chi connectivity index (χ2v) is 5.63. The van der Waals surface area contributed by atoms with E-state index in [2.05, 4.69) is 0 Å². The van der Waals surface area contributed by atoms with Crippen LogP contribution in [0.2, 0.25) is 5.02 Å². The van der Waals surface area contributed by atoms with Crippen LogP contribution in [0.1, 0.15) is 21.7 Å². The molecule has 0 radical (unpaired) electrons. The number of carbonyl (C=O) groups excluding carboxylic acids is 1. The fraction of sp³-hybridized carbons (Fsp3) is 0.111. The van der Waals surface area contributed by atoms with Crippen molar-refractivity contribution in [1.82, 2.24) is 0 Å². The lowest BCUT2D eigenvalue weighted by molar-refractivity contribution is 0.0986. The maximum Gasteiger partial charge on any atom is 0.343 e. The van der Waals surface area contributed by atoms with Gasteiger partial charge in [-0.1, -0.05) is 29.3 Å². The average Bonchev–Trinajstić information content (AvgIpc) is 2.47. The van der Waals surface area contributed by atoms with E-state index in [9.17, 15) is 9.59 Å². The van der Waals surface area contributed by atoms with Crippen LogP contribution in [0.4, 0.5) is 0 Å². The number of Topliss-reactive ketones (excluding diaryl/α,β-unsaturated/α-hetero) is 1. The Bertz CT molecular complexity index is 908. The first-order valence-electron chi connectivity index (χ1n) is 6.85. The predicted molar refractivity (Wildman–Crippen MR) is 86.7 cm³/mol. The number of rotatable bonds is 3. The first kappa shape index (κ1) is 14.5. The van der Waals surface area contributed by atoms with Gasteiger partial charge in [0.15, 0.2) is 5.78 Å². The number of fused-ring (bicyclic) bond motifs is 1. The molecule has 1 aromatic heterocycles. The average molecular weight is 313 g/mol. The van der Waals surface area contributed by atoms with Gasteiger partial charge < -0.3 is 4.42 Å². The van der Waals surface area contributed by atoms with Crippen LogP contribution in [-0.4, -0.2) is 5.78 Å². The molecule has 0 aliphatic carbocycles. The first-order valence-corrected chi connectivity index (χ1v) is 7.23. The third-order valence-corrected chi connectivity index (χ3v) is 3.72. The fourth-order valence-corrected chi connectivity index (χ4v) is 2.47. The fourth-order valence-electron chi connectivity index (χ4n) is 2.35. The molecule has 0 spiro atoms. The molecule has 22 heavy (non-hydrogen) atoms. The highest BCUT2D eigenvalue weighted by molar-refractivity contribution is 6.30. The van der Waals surface area contributed by atoms with E-state index in [4.69, 9.17) is 16.0 Å². The van der Waals surface area contributed by atoms with Crippen LogP contribution in [0, 0.1) is 6.92 Å². The normalized spacial score (nSPS) is 10.8. The predicted octanol–water partition coefficient (Wildman–Crippen LogP) is 4.18. The third kappa shape index (κ3) is 2.95. The zero-order chi connectivity index (χ0) is 15.7. The topological polar surface area (TPSA) is 47.3 Å². The lowest BCUT2D eigenvalue weighted by Crippen LogP contribution is -2.08. The summed E-state index contributed by atoms with van der Waals surface area (Å²) in [6.07, 6.45) is 0.0424. The van der Waals surface area contributed by atoms with Crippen molar-refractivity contribution >= 4 is 28.2 Å². The van der Waals surface area contributed by atoms with Crippen LogP contribution in [0.5, 0.6) is 0 Å². The molecular weight excluding hydrogens is 300 g/mol. The Balaban J connectivity index is 1.95. The second-order valence-electron chi connectivity index (χ2n) is 5.20. The zero-order valence-electron chi connectivity index (χ0n) is 11.9. The summed E-state index contributed by atoms with van der Waals surface area (Å²) in [4.78, 5) is 24.2. The molecule has 0 aliphatic heterocycles. The van der Waals surface area contributed by atoms with Crippen molar-refractivity contribution < 1.29 is 9.21 Å². The molecule has 3 rings (SSSR count). The van der Waals surface area contributed by atoms with E-state index in [0.717, 1.165) is 10.9 Å². The van der Waals surface area contributed by atoms with Crippen molar-refractivity contribution in [2.75, 3.05) is 0 Å². The Morgan fingerprint density at radius 2 is 1.82 bits per heavy atom. The van der Waals surface area contributed by atoms with E-state index < -0.39 is 5.63 Å². The van der Waals surface area contributed by atoms with Gasteiger partial charge in [0.25, 0.3) is 0 Å². The molecule has 0 atom stereocenters. The minimum Gasteiger partial charge on any atom is -0.427 e. The highest BCUT2D eigenvalue weighted by Crippen LogP contribution is 2.16. The molecule has 0 saturated heterocycles. The van der Waals surface area contributed by atoms with Gasteiger partial charge in [-0.05, 0) is 48.7 Å². The van der Waals surface area contributed by atoms with Crippen molar-refractivity contribution in [1.29, 1.82) is 0 Å². The van der Waals surface area contributed by atoms with E-state index in [-0.39, 0.29) is 12.2 Å².